The van der Waals surface area contributed by atoms with Gasteiger partial charge in [0.1, 0.15) is 0 Å². The maximum atomic E-state index is 12.6. The molecule has 0 spiro atoms. The van der Waals surface area contributed by atoms with Crippen LogP contribution in [-0.2, 0) is 4.79 Å². The number of benzene rings is 1. The van der Waals surface area contributed by atoms with E-state index in [1.165, 1.54) is 19.3 Å². The van der Waals surface area contributed by atoms with Crippen molar-refractivity contribution >= 4 is 11.6 Å². The molecule has 1 saturated carbocycles. The highest BCUT2D eigenvalue weighted by molar-refractivity contribution is 5.94. The van der Waals surface area contributed by atoms with Crippen LogP contribution >= 0.6 is 0 Å². The summed E-state index contributed by atoms with van der Waals surface area (Å²) in [5, 5.41) is 3.42. The normalized spacial score (nSPS) is 17.8. The van der Waals surface area contributed by atoms with Gasteiger partial charge in [0.15, 0.2) is 0 Å². The van der Waals surface area contributed by atoms with Gasteiger partial charge >= 0.3 is 0 Å². The summed E-state index contributed by atoms with van der Waals surface area (Å²) in [6.07, 6.45) is 6.55. The molecule has 0 saturated heterocycles. The number of hydrogen-bond donors (Lipinski definition) is 1. The molecule has 3 heteroatoms. The van der Waals surface area contributed by atoms with Crippen molar-refractivity contribution in [2.75, 3.05) is 19.0 Å². The van der Waals surface area contributed by atoms with Gasteiger partial charge in [0.2, 0.25) is 5.91 Å². The quantitative estimate of drug-likeness (QED) is 0.914. The fourth-order valence-corrected chi connectivity index (χ4v) is 3.23. The summed E-state index contributed by atoms with van der Waals surface area (Å²) in [7, 11) is 3.88. The van der Waals surface area contributed by atoms with Crippen LogP contribution in [0.15, 0.2) is 24.3 Å². The van der Waals surface area contributed by atoms with Crippen molar-refractivity contribution in [1.29, 1.82) is 0 Å². The van der Waals surface area contributed by atoms with Crippen molar-refractivity contribution in [3.63, 3.8) is 0 Å². The minimum atomic E-state index is 0.00623. The van der Waals surface area contributed by atoms with E-state index in [1.54, 1.807) is 0 Å². The number of carbonyl (C=O) groups excluding carboxylic acids is 1. The van der Waals surface area contributed by atoms with Crippen molar-refractivity contribution in [2.24, 2.45) is 0 Å². The van der Waals surface area contributed by atoms with Gasteiger partial charge in [-0.05, 0) is 38.4 Å². The summed E-state index contributed by atoms with van der Waals surface area (Å²) >= 11 is 0. The lowest BCUT2D eigenvalue weighted by atomic mass is 9.79. The Labute approximate surface area is 122 Å². The predicted octanol–water partition coefficient (Wildman–Crippen LogP) is 3.27. The van der Waals surface area contributed by atoms with E-state index in [1.807, 2.05) is 50.2 Å². The number of nitrogens with zero attached hydrogens (tertiary/aromatic N) is 1. The van der Waals surface area contributed by atoms with E-state index in [2.05, 4.69) is 5.32 Å². The Morgan fingerprint density at radius 2 is 1.90 bits per heavy atom. The average molecular weight is 274 g/mol. The Hall–Kier alpha value is -1.35. The second kappa shape index (κ2) is 6.40. The smallest absolute Gasteiger partial charge is 0.228 e. The molecule has 0 bridgehead atoms. The maximum Gasteiger partial charge on any atom is 0.228 e. The lowest BCUT2D eigenvalue weighted by Gasteiger charge is -2.37. The molecule has 0 radical (unpaired) electrons. The summed E-state index contributed by atoms with van der Waals surface area (Å²) < 4.78 is 0. The number of aryl methyl sites for hydroxylation is 1. The molecular weight excluding hydrogens is 248 g/mol. The highest BCUT2D eigenvalue weighted by Gasteiger charge is 2.33. The van der Waals surface area contributed by atoms with E-state index in [0.717, 1.165) is 24.1 Å². The second-order valence-corrected chi connectivity index (χ2v) is 6.01. The van der Waals surface area contributed by atoms with Crippen molar-refractivity contribution in [1.82, 2.24) is 5.32 Å². The van der Waals surface area contributed by atoms with Crippen molar-refractivity contribution < 1.29 is 4.79 Å². The monoisotopic (exact) mass is 274 g/mol. The van der Waals surface area contributed by atoms with E-state index < -0.39 is 0 Å². The molecule has 1 aliphatic rings. The molecule has 20 heavy (non-hydrogen) atoms. The Balaban J connectivity index is 2.09. The molecule has 0 atom stereocenters. The summed E-state index contributed by atoms with van der Waals surface area (Å²) in [4.78, 5) is 14.4. The third-order valence-corrected chi connectivity index (χ3v) is 4.68. The van der Waals surface area contributed by atoms with Crippen LogP contribution in [0.5, 0.6) is 0 Å². The number of anilines is 1. The summed E-state index contributed by atoms with van der Waals surface area (Å²) in [5.74, 6) is 0.204. The Morgan fingerprint density at radius 1 is 1.25 bits per heavy atom. The zero-order valence-corrected chi connectivity index (χ0v) is 12.9. The van der Waals surface area contributed by atoms with Crippen molar-refractivity contribution in [3.8, 4) is 0 Å². The van der Waals surface area contributed by atoms with Gasteiger partial charge in [-0.3, -0.25) is 4.79 Å². The van der Waals surface area contributed by atoms with Gasteiger partial charge in [0.05, 0.1) is 0 Å². The summed E-state index contributed by atoms with van der Waals surface area (Å²) in [6.45, 7) is 2.05. The zero-order valence-electron chi connectivity index (χ0n) is 12.9. The number of carbonyl (C=O) groups is 1. The molecule has 1 fully saturated rings. The van der Waals surface area contributed by atoms with E-state index in [0.29, 0.717) is 6.42 Å². The number of hydrogen-bond acceptors (Lipinski definition) is 2. The Kier molecular flexibility index (Phi) is 4.81. The molecular formula is C17H26N2O. The molecule has 1 aliphatic carbocycles. The van der Waals surface area contributed by atoms with Crippen LogP contribution < -0.4 is 10.2 Å². The lowest BCUT2D eigenvalue weighted by molar-refractivity contribution is -0.120. The predicted molar refractivity (Wildman–Crippen MR) is 84.1 cm³/mol. The minimum absolute atomic E-state index is 0.00623. The van der Waals surface area contributed by atoms with E-state index in [-0.39, 0.29) is 11.4 Å². The van der Waals surface area contributed by atoms with Crippen LogP contribution in [0.1, 0.15) is 44.1 Å². The van der Waals surface area contributed by atoms with Gasteiger partial charge in [-0.1, -0.05) is 37.5 Å². The molecule has 1 aromatic carbocycles. The molecule has 0 unspecified atom stereocenters. The first-order chi connectivity index (χ1) is 9.58. The van der Waals surface area contributed by atoms with Crippen LogP contribution in [0, 0.1) is 6.92 Å². The summed E-state index contributed by atoms with van der Waals surface area (Å²) in [6, 6.07) is 8.06. The maximum absolute atomic E-state index is 12.6. The molecule has 1 amide bonds. The highest BCUT2D eigenvalue weighted by atomic mass is 16.2. The fraction of sp³-hybridized carbons (Fsp3) is 0.588. The number of rotatable bonds is 4. The van der Waals surface area contributed by atoms with Gasteiger partial charge in [-0.2, -0.15) is 0 Å². The number of para-hydroxylation sites is 1. The van der Waals surface area contributed by atoms with E-state index in [4.69, 9.17) is 0 Å². The van der Waals surface area contributed by atoms with Gasteiger partial charge in [0, 0.05) is 24.7 Å². The van der Waals surface area contributed by atoms with E-state index >= 15 is 0 Å². The first kappa shape index (κ1) is 15.0. The third-order valence-electron chi connectivity index (χ3n) is 4.68. The molecule has 3 nitrogen and oxygen atoms in total. The van der Waals surface area contributed by atoms with Crippen LogP contribution in [0.3, 0.4) is 0 Å². The van der Waals surface area contributed by atoms with E-state index in [9.17, 15) is 4.79 Å². The Morgan fingerprint density at radius 3 is 2.50 bits per heavy atom. The number of nitrogens with one attached hydrogen (secondary N) is 1. The topological polar surface area (TPSA) is 32.3 Å². The molecule has 2 rings (SSSR count). The zero-order chi connectivity index (χ0) is 14.6. The van der Waals surface area contributed by atoms with Crippen LogP contribution in [0.2, 0.25) is 0 Å². The Bertz CT molecular complexity index is 464. The molecule has 1 N–H and O–H groups in total. The molecule has 1 aromatic rings. The first-order valence-electron chi connectivity index (χ1n) is 7.59. The minimum Gasteiger partial charge on any atom is -0.315 e. The summed E-state index contributed by atoms with van der Waals surface area (Å²) in [5.41, 5.74) is 2.16. The molecule has 0 heterocycles. The largest absolute Gasteiger partial charge is 0.315 e. The second-order valence-electron chi connectivity index (χ2n) is 6.01. The third kappa shape index (κ3) is 3.21. The molecule has 0 aromatic heterocycles. The van der Waals surface area contributed by atoms with Gasteiger partial charge in [-0.15, -0.1) is 0 Å². The van der Waals surface area contributed by atoms with Gasteiger partial charge in [-0.25, -0.2) is 0 Å². The highest BCUT2D eigenvalue weighted by Crippen LogP contribution is 2.32. The van der Waals surface area contributed by atoms with Gasteiger partial charge in [0.25, 0.3) is 0 Å². The average Bonchev–Trinajstić information content (AvgIpc) is 2.48. The van der Waals surface area contributed by atoms with Crippen LogP contribution in [-0.4, -0.2) is 25.5 Å². The standard InChI is InChI=1S/C17H26N2O/c1-14-9-5-6-10-15(14)19(3)16(20)13-17(18-2)11-7-4-8-12-17/h5-6,9-10,18H,4,7-8,11-13H2,1-3H3. The SMILES string of the molecule is CNC1(CC(=O)N(C)c2ccccc2C)CCCCC1. The fourth-order valence-electron chi connectivity index (χ4n) is 3.23. The van der Waals surface area contributed by atoms with Crippen LogP contribution in [0.4, 0.5) is 5.69 Å². The van der Waals surface area contributed by atoms with Crippen LogP contribution in [0.25, 0.3) is 0 Å². The first-order valence-corrected chi connectivity index (χ1v) is 7.59. The molecule has 110 valence electrons. The number of amides is 1. The molecule has 0 aliphatic heterocycles. The lowest BCUT2D eigenvalue weighted by Crippen LogP contribution is -2.48. The van der Waals surface area contributed by atoms with Crippen molar-refractivity contribution in [3.05, 3.63) is 29.8 Å². The van der Waals surface area contributed by atoms with Crippen molar-refractivity contribution in [2.45, 2.75) is 51.0 Å². The van der Waals surface area contributed by atoms with Gasteiger partial charge < -0.3 is 10.2 Å².